The molecule has 0 saturated heterocycles. The molecule has 0 aliphatic heterocycles. The number of nitrogens with one attached hydrogen (secondary N) is 1. The molecule has 1 amide bonds. The molecule has 1 saturated carbocycles. The van der Waals surface area contributed by atoms with E-state index in [9.17, 15) is 4.79 Å². The van der Waals surface area contributed by atoms with Gasteiger partial charge in [0.25, 0.3) is 0 Å². The van der Waals surface area contributed by atoms with Gasteiger partial charge in [-0.2, -0.15) is 0 Å². The predicted molar refractivity (Wildman–Crippen MR) is 107 cm³/mol. The number of rotatable bonds is 4. The average molecular weight is 382 g/mol. The van der Waals surface area contributed by atoms with Crippen molar-refractivity contribution in [2.45, 2.75) is 38.1 Å². The van der Waals surface area contributed by atoms with Crippen molar-refractivity contribution in [2.24, 2.45) is 11.7 Å². The van der Waals surface area contributed by atoms with Gasteiger partial charge < -0.3 is 11.1 Å². The summed E-state index contributed by atoms with van der Waals surface area (Å²) in [4.78, 5) is 16.3. The molecular weight excluding hydrogens is 357 g/mol. The third-order valence-electron chi connectivity index (χ3n) is 4.46. The van der Waals surface area contributed by atoms with Crippen molar-refractivity contribution in [1.82, 2.24) is 4.98 Å². The molecule has 1 aromatic carbocycles. The summed E-state index contributed by atoms with van der Waals surface area (Å²) in [7, 11) is 0. The summed E-state index contributed by atoms with van der Waals surface area (Å²) in [5, 5.41) is 3.02. The predicted octanol–water partition coefficient (Wildman–Crippen LogP) is 3.97. The number of nitrogens with zero attached hydrogens (tertiary/aromatic N) is 1. The van der Waals surface area contributed by atoms with Crippen LogP contribution in [0.2, 0.25) is 0 Å². The molecule has 1 heterocycles. The van der Waals surface area contributed by atoms with E-state index in [-0.39, 0.29) is 42.7 Å². The zero-order valence-corrected chi connectivity index (χ0v) is 15.7. The lowest BCUT2D eigenvalue weighted by Crippen LogP contribution is -2.34. The van der Waals surface area contributed by atoms with E-state index in [0.29, 0.717) is 0 Å². The van der Waals surface area contributed by atoms with Gasteiger partial charge in [-0.25, -0.2) is 0 Å². The Labute approximate surface area is 161 Å². The van der Waals surface area contributed by atoms with Crippen molar-refractivity contribution in [2.75, 3.05) is 5.32 Å². The number of amides is 1. The summed E-state index contributed by atoms with van der Waals surface area (Å²) in [5.74, 6) is 0.150. The topological polar surface area (TPSA) is 68.0 Å². The minimum absolute atomic E-state index is 0. The van der Waals surface area contributed by atoms with Gasteiger partial charge in [-0.1, -0.05) is 18.6 Å². The van der Waals surface area contributed by atoms with Crippen LogP contribution in [0.4, 0.5) is 5.69 Å². The van der Waals surface area contributed by atoms with Gasteiger partial charge in [-0.15, -0.1) is 24.8 Å². The van der Waals surface area contributed by atoms with Crippen LogP contribution in [0.1, 0.15) is 36.8 Å². The van der Waals surface area contributed by atoms with Crippen molar-refractivity contribution < 1.29 is 4.79 Å². The first-order valence-corrected chi connectivity index (χ1v) is 8.25. The fourth-order valence-corrected chi connectivity index (χ4v) is 3.15. The summed E-state index contributed by atoms with van der Waals surface area (Å²) in [6, 6.07) is 12.3. The number of benzene rings is 1. The molecule has 3 rings (SSSR count). The third kappa shape index (κ3) is 6.31. The quantitative estimate of drug-likeness (QED) is 0.841. The molecule has 2 atom stereocenters. The maximum absolute atomic E-state index is 12.3. The van der Waals surface area contributed by atoms with Crippen LogP contribution in [0.25, 0.3) is 0 Å². The zero-order chi connectivity index (χ0) is 16.1. The Morgan fingerprint density at radius 1 is 1.04 bits per heavy atom. The Balaban J connectivity index is 0.00000156. The summed E-state index contributed by atoms with van der Waals surface area (Å²) >= 11 is 0. The van der Waals surface area contributed by atoms with Crippen LogP contribution in [0.3, 0.4) is 0 Å². The van der Waals surface area contributed by atoms with Crippen molar-refractivity contribution >= 4 is 36.4 Å². The number of carbonyl (C=O) groups excluding carboxylic acids is 1. The van der Waals surface area contributed by atoms with Crippen molar-refractivity contribution in [3.05, 3.63) is 59.9 Å². The molecule has 0 spiro atoms. The maximum Gasteiger partial charge on any atom is 0.227 e. The van der Waals surface area contributed by atoms with Gasteiger partial charge in [0, 0.05) is 30.0 Å². The number of aromatic nitrogens is 1. The van der Waals surface area contributed by atoms with E-state index < -0.39 is 0 Å². The lowest BCUT2D eigenvalue weighted by Gasteiger charge is -2.25. The van der Waals surface area contributed by atoms with Crippen LogP contribution in [-0.4, -0.2) is 16.9 Å². The normalized spacial score (nSPS) is 19.2. The molecule has 6 heteroatoms. The van der Waals surface area contributed by atoms with Crippen LogP contribution >= 0.6 is 24.8 Å². The Morgan fingerprint density at radius 3 is 2.32 bits per heavy atom. The highest BCUT2D eigenvalue weighted by molar-refractivity contribution is 5.92. The van der Waals surface area contributed by atoms with Crippen LogP contribution in [0.15, 0.2) is 48.8 Å². The molecule has 0 bridgehead atoms. The van der Waals surface area contributed by atoms with Crippen molar-refractivity contribution in [1.29, 1.82) is 0 Å². The number of halogens is 2. The van der Waals surface area contributed by atoms with E-state index in [0.717, 1.165) is 37.8 Å². The molecule has 1 aliphatic rings. The first-order valence-electron chi connectivity index (χ1n) is 8.25. The van der Waals surface area contributed by atoms with Gasteiger partial charge in [0.05, 0.1) is 0 Å². The van der Waals surface area contributed by atoms with Gasteiger partial charge in [0.1, 0.15) is 0 Å². The maximum atomic E-state index is 12.3. The molecule has 4 nitrogen and oxygen atoms in total. The van der Waals surface area contributed by atoms with Crippen LogP contribution < -0.4 is 11.1 Å². The molecule has 3 N–H and O–H groups in total. The summed E-state index contributed by atoms with van der Waals surface area (Å²) in [5.41, 5.74) is 9.27. The second-order valence-electron chi connectivity index (χ2n) is 6.34. The lowest BCUT2D eigenvalue weighted by molar-refractivity contribution is -0.120. The molecule has 1 fully saturated rings. The number of hydrogen-bond acceptors (Lipinski definition) is 3. The SMILES string of the molecule is Cl.Cl.NC1CCCC(C(=O)Nc2ccc(Cc3ccncc3)cc2)C1. The third-order valence-corrected chi connectivity index (χ3v) is 4.46. The molecule has 1 aromatic heterocycles. The molecular formula is C19H25Cl2N3O. The highest BCUT2D eigenvalue weighted by Crippen LogP contribution is 2.24. The molecule has 0 radical (unpaired) electrons. The molecule has 1 aliphatic carbocycles. The second kappa shape index (κ2) is 10.4. The lowest BCUT2D eigenvalue weighted by atomic mass is 9.85. The first-order chi connectivity index (χ1) is 11.2. The van der Waals surface area contributed by atoms with Gasteiger partial charge >= 0.3 is 0 Å². The number of hydrogen-bond donors (Lipinski definition) is 2. The van der Waals surface area contributed by atoms with Crippen LogP contribution in [0.5, 0.6) is 0 Å². The van der Waals surface area contributed by atoms with E-state index in [2.05, 4.69) is 22.4 Å². The summed E-state index contributed by atoms with van der Waals surface area (Å²) in [6.07, 6.45) is 8.30. The van der Waals surface area contributed by atoms with E-state index in [4.69, 9.17) is 5.73 Å². The van der Waals surface area contributed by atoms with Gasteiger partial charge in [0.2, 0.25) is 5.91 Å². The minimum atomic E-state index is 0. The Hall–Kier alpha value is -1.62. The standard InChI is InChI=1S/C19H23N3O.2ClH/c20-17-3-1-2-16(13-17)19(23)22-18-6-4-14(5-7-18)12-15-8-10-21-11-9-15;;/h4-11,16-17H,1-3,12-13,20H2,(H,22,23);2*1H. The van der Waals surface area contributed by atoms with E-state index in [1.165, 1.54) is 11.1 Å². The summed E-state index contributed by atoms with van der Waals surface area (Å²) < 4.78 is 0. The highest BCUT2D eigenvalue weighted by Gasteiger charge is 2.25. The summed E-state index contributed by atoms with van der Waals surface area (Å²) in [6.45, 7) is 0. The number of anilines is 1. The monoisotopic (exact) mass is 381 g/mol. The molecule has 136 valence electrons. The fraction of sp³-hybridized carbons (Fsp3) is 0.368. The highest BCUT2D eigenvalue weighted by atomic mass is 35.5. The Bertz CT molecular complexity index is 649. The van der Waals surface area contributed by atoms with Crippen LogP contribution in [0, 0.1) is 5.92 Å². The van der Waals surface area contributed by atoms with Crippen molar-refractivity contribution in [3.63, 3.8) is 0 Å². The fourth-order valence-electron chi connectivity index (χ4n) is 3.15. The Kier molecular flexibility index (Phi) is 8.90. The first kappa shape index (κ1) is 21.4. The van der Waals surface area contributed by atoms with E-state index in [1.807, 2.05) is 24.3 Å². The molecule has 2 unspecified atom stereocenters. The smallest absolute Gasteiger partial charge is 0.227 e. The zero-order valence-electron chi connectivity index (χ0n) is 14.1. The van der Waals surface area contributed by atoms with Gasteiger partial charge in [-0.3, -0.25) is 9.78 Å². The Morgan fingerprint density at radius 2 is 1.68 bits per heavy atom. The number of nitrogens with two attached hydrogens (primary N) is 1. The van der Waals surface area contributed by atoms with E-state index in [1.54, 1.807) is 12.4 Å². The van der Waals surface area contributed by atoms with Crippen LogP contribution in [-0.2, 0) is 11.2 Å². The largest absolute Gasteiger partial charge is 0.328 e. The average Bonchev–Trinajstić information content (AvgIpc) is 2.57. The minimum Gasteiger partial charge on any atom is -0.328 e. The number of carbonyl (C=O) groups is 1. The van der Waals surface area contributed by atoms with Gasteiger partial charge in [0.15, 0.2) is 0 Å². The van der Waals surface area contributed by atoms with Gasteiger partial charge in [-0.05, 0) is 61.1 Å². The number of pyridine rings is 1. The van der Waals surface area contributed by atoms with E-state index >= 15 is 0 Å². The second-order valence-corrected chi connectivity index (χ2v) is 6.34. The molecule has 2 aromatic rings. The molecule has 25 heavy (non-hydrogen) atoms. The van der Waals surface area contributed by atoms with Crippen molar-refractivity contribution in [3.8, 4) is 0 Å².